The molecule has 0 N–H and O–H groups in total. The summed E-state index contributed by atoms with van der Waals surface area (Å²) in [5.41, 5.74) is -6.00. The second-order valence-electron chi connectivity index (χ2n) is 3.11. The van der Waals surface area contributed by atoms with E-state index in [0.717, 1.165) is 13.8 Å². The Morgan fingerprint density at radius 1 is 0.938 bits per heavy atom. The topological polar surface area (TPSA) is 26.3 Å². The fraction of sp³-hybridized carbons (Fsp3) is 0.857. The van der Waals surface area contributed by atoms with Crippen molar-refractivity contribution >= 4 is 5.97 Å². The highest BCUT2D eigenvalue weighted by Gasteiger charge is 2.78. The third kappa shape index (κ3) is 2.56. The van der Waals surface area contributed by atoms with Crippen LogP contribution in [0, 0.1) is 0 Å². The molecular formula is C7H7F7O2. The summed E-state index contributed by atoms with van der Waals surface area (Å²) in [7, 11) is 0. The van der Waals surface area contributed by atoms with Gasteiger partial charge in [-0.25, -0.2) is 9.18 Å². The Bertz CT molecular complexity index is 251. The molecule has 0 aliphatic rings. The molecule has 0 aromatic rings. The second kappa shape index (κ2) is 4.10. The summed E-state index contributed by atoms with van der Waals surface area (Å²) in [6.45, 7) is 1.98. The minimum atomic E-state index is -6.42. The van der Waals surface area contributed by atoms with Crippen molar-refractivity contribution in [3.05, 3.63) is 0 Å². The number of rotatable bonds is 2. The van der Waals surface area contributed by atoms with E-state index in [9.17, 15) is 35.5 Å². The molecular weight excluding hydrogens is 249 g/mol. The molecule has 96 valence electrons. The Morgan fingerprint density at radius 2 is 1.25 bits per heavy atom. The van der Waals surface area contributed by atoms with E-state index >= 15 is 0 Å². The van der Waals surface area contributed by atoms with E-state index in [0.29, 0.717) is 0 Å². The lowest BCUT2D eigenvalue weighted by atomic mass is 10.1. The predicted molar refractivity (Wildman–Crippen MR) is 37.2 cm³/mol. The van der Waals surface area contributed by atoms with Crippen LogP contribution in [0.25, 0.3) is 0 Å². The number of hydrogen-bond donors (Lipinski definition) is 0. The summed E-state index contributed by atoms with van der Waals surface area (Å²) in [5, 5.41) is 0. The number of ether oxygens (including phenoxy) is 1. The maximum atomic E-state index is 12.8. The second-order valence-corrected chi connectivity index (χ2v) is 3.11. The van der Waals surface area contributed by atoms with Crippen LogP contribution in [0.15, 0.2) is 0 Å². The molecule has 0 saturated heterocycles. The van der Waals surface area contributed by atoms with Gasteiger partial charge in [-0.1, -0.05) is 0 Å². The Kier molecular flexibility index (Phi) is 3.83. The van der Waals surface area contributed by atoms with Gasteiger partial charge in [0, 0.05) is 0 Å². The van der Waals surface area contributed by atoms with Crippen molar-refractivity contribution in [1.29, 1.82) is 0 Å². The van der Waals surface area contributed by atoms with Gasteiger partial charge in [-0.3, -0.25) is 0 Å². The summed E-state index contributed by atoms with van der Waals surface area (Å²) in [4.78, 5) is 10.5. The molecule has 9 heteroatoms. The van der Waals surface area contributed by atoms with E-state index < -0.39 is 30.1 Å². The normalized spacial score (nSPS) is 14.1. The molecule has 0 rings (SSSR count). The minimum Gasteiger partial charge on any atom is -0.460 e. The molecule has 0 fully saturated rings. The molecule has 0 unspecified atom stereocenters. The maximum Gasteiger partial charge on any atom is 0.442 e. The van der Waals surface area contributed by atoms with Crippen LogP contribution in [0.4, 0.5) is 30.7 Å². The lowest BCUT2D eigenvalue weighted by Crippen LogP contribution is -2.59. The van der Waals surface area contributed by atoms with Crippen LogP contribution in [0.2, 0.25) is 0 Å². The molecule has 0 bridgehead atoms. The van der Waals surface area contributed by atoms with Crippen molar-refractivity contribution in [3.63, 3.8) is 0 Å². The van der Waals surface area contributed by atoms with Gasteiger partial charge in [0.05, 0.1) is 6.10 Å². The van der Waals surface area contributed by atoms with Gasteiger partial charge in [-0.2, -0.15) is 26.3 Å². The van der Waals surface area contributed by atoms with Crippen molar-refractivity contribution in [2.24, 2.45) is 0 Å². The van der Waals surface area contributed by atoms with Gasteiger partial charge >= 0.3 is 24.0 Å². The van der Waals surface area contributed by atoms with Crippen molar-refractivity contribution in [2.75, 3.05) is 0 Å². The molecule has 0 saturated carbocycles. The number of hydrogen-bond acceptors (Lipinski definition) is 2. The Balaban J connectivity index is 5.36. The molecule has 0 aliphatic carbocycles. The Labute approximate surface area is 85.4 Å². The Hall–Kier alpha value is -1.02. The summed E-state index contributed by atoms with van der Waals surface area (Å²) >= 11 is 0. The minimum absolute atomic E-state index is 0.991. The first kappa shape index (κ1) is 15.0. The summed E-state index contributed by atoms with van der Waals surface area (Å²) in [5.74, 6) is -3.01. The predicted octanol–water partition coefficient (Wildman–Crippen LogP) is 2.77. The molecule has 0 aromatic carbocycles. The van der Waals surface area contributed by atoms with Gasteiger partial charge in [0.2, 0.25) is 0 Å². The highest BCUT2D eigenvalue weighted by molar-refractivity contribution is 5.81. The third-order valence-corrected chi connectivity index (χ3v) is 1.41. The monoisotopic (exact) mass is 256 g/mol. The molecule has 0 heterocycles. The summed E-state index contributed by atoms with van der Waals surface area (Å²) in [6.07, 6.45) is -14.1. The summed E-state index contributed by atoms with van der Waals surface area (Å²) < 4.78 is 87.9. The molecule has 16 heavy (non-hydrogen) atoms. The lowest BCUT2D eigenvalue weighted by Gasteiger charge is -2.28. The van der Waals surface area contributed by atoms with E-state index in [1.165, 1.54) is 0 Å². The van der Waals surface area contributed by atoms with Gasteiger partial charge in [0.25, 0.3) is 0 Å². The molecule has 0 radical (unpaired) electrons. The third-order valence-electron chi connectivity index (χ3n) is 1.41. The Morgan fingerprint density at radius 3 is 1.44 bits per heavy atom. The van der Waals surface area contributed by atoms with E-state index in [1.807, 2.05) is 0 Å². The molecule has 0 amide bonds. The largest absolute Gasteiger partial charge is 0.460 e. The standard InChI is InChI=1S/C7H7F7O2/c1-3(2)16-4(15)5(8,6(9,10)11)7(12,13)14/h3H,1-2H3. The fourth-order valence-electron chi connectivity index (χ4n) is 0.687. The SMILES string of the molecule is CC(C)OC(=O)C(F)(C(F)(F)F)C(F)(F)F. The molecule has 0 spiro atoms. The number of carbonyl (C=O) groups is 1. The molecule has 0 aromatic heterocycles. The quantitative estimate of drug-likeness (QED) is 0.561. The van der Waals surface area contributed by atoms with Gasteiger partial charge in [-0.15, -0.1) is 0 Å². The first-order chi connectivity index (χ1) is 6.84. The zero-order valence-electron chi connectivity index (χ0n) is 8.04. The smallest absolute Gasteiger partial charge is 0.442 e. The molecule has 2 nitrogen and oxygen atoms in total. The lowest BCUT2D eigenvalue weighted by molar-refractivity contribution is -0.333. The van der Waals surface area contributed by atoms with E-state index in [4.69, 9.17) is 0 Å². The first-order valence-electron chi connectivity index (χ1n) is 3.87. The zero-order chi connectivity index (χ0) is 13.4. The van der Waals surface area contributed by atoms with E-state index in [2.05, 4.69) is 4.74 Å². The van der Waals surface area contributed by atoms with Crippen molar-refractivity contribution in [3.8, 4) is 0 Å². The van der Waals surface area contributed by atoms with Crippen molar-refractivity contribution in [1.82, 2.24) is 0 Å². The van der Waals surface area contributed by atoms with E-state index in [1.54, 1.807) is 0 Å². The highest BCUT2D eigenvalue weighted by atomic mass is 19.4. The van der Waals surface area contributed by atoms with Crippen LogP contribution < -0.4 is 0 Å². The van der Waals surface area contributed by atoms with Crippen LogP contribution in [0.1, 0.15) is 13.8 Å². The number of esters is 1. The highest BCUT2D eigenvalue weighted by Crippen LogP contribution is 2.47. The zero-order valence-corrected chi connectivity index (χ0v) is 8.04. The van der Waals surface area contributed by atoms with Crippen LogP contribution >= 0.6 is 0 Å². The van der Waals surface area contributed by atoms with E-state index in [-0.39, 0.29) is 0 Å². The number of carbonyl (C=O) groups excluding carboxylic acids is 1. The van der Waals surface area contributed by atoms with Gasteiger partial charge in [-0.05, 0) is 13.8 Å². The maximum absolute atomic E-state index is 12.8. The molecule has 0 atom stereocenters. The van der Waals surface area contributed by atoms with Crippen molar-refractivity contribution in [2.45, 2.75) is 38.0 Å². The van der Waals surface area contributed by atoms with Crippen LogP contribution in [-0.4, -0.2) is 30.1 Å². The fourth-order valence-corrected chi connectivity index (χ4v) is 0.687. The summed E-state index contributed by atoms with van der Waals surface area (Å²) in [6, 6.07) is 0. The van der Waals surface area contributed by atoms with Crippen LogP contribution in [0.3, 0.4) is 0 Å². The van der Waals surface area contributed by atoms with Gasteiger partial charge in [0.15, 0.2) is 0 Å². The number of alkyl halides is 7. The molecule has 0 aliphatic heterocycles. The van der Waals surface area contributed by atoms with Gasteiger partial charge in [0.1, 0.15) is 0 Å². The van der Waals surface area contributed by atoms with Crippen molar-refractivity contribution < 1.29 is 40.3 Å². The average Bonchev–Trinajstić information content (AvgIpc) is 1.96. The first-order valence-corrected chi connectivity index (χ1v) is 3.87. The number of halogens is 7. The average molecular weight is 256 g/mol. The van der Waals surface area contributed by atoms with Gasteiger partial charge < -0.3 is 4.74 Å². The van der Waals surface area contributed by atoms with Crippen LogP contribution in [-0.2, 0) is 9.53 Å². The van der Waals surface area contributed by atoms with Crippen LogP contribution in [0.5, 0.6) is 0 Å².